The highest BCUT2D eigenvalue weighted by atomic mass is 32.2. The standard InChI is InChI=1S/C96H65B2N5S/c1-9-32-66(33-10-1)67-56-58-75(59-57-67)100(85-53-28-25-48-78(85)68-34-11-2-12-35-68)76-60-89-94-90(61-76)103(96-79(69-36-13-3-14-37-69)49-31-50-80(96)70-38-15-4-16-39-70)88-65-92-84(64-83(88)97(94)81-51-26-29-54-86(81)101(89)73-44-21-7-22-45-73)98-82-52-27-30-55-87(82)102(74-46-23-8-24-47-74)91-62-77(63-93(104-92)95(91)98)99(71-40-17-5-18-41-71)72-42-19-6-20-43-72/h1-65H. The first-order valence-electron chi connectivity index (χ1n) is 35.8. The van der Waals surface area contributed by atoms with Gasteiger partial charge in [0.2, 0.25) is 6.71 Å². The summed E-state index contributed by atoms with van der Waals surface area (Å²) in [5.41, 5.74) is 33.2. The summed E-state index contributed by atoms with van der Waals surface area (Å²) in [6.45, 7) is -0.354. The van der Waals surface area contributed by atoms with Gasteiger partial charge in [-0.05, 0) is 164 Å². The Kier molecular flexibility index (Phi) is 15.0. The molecule has 8 heteroatoms. The van der Waals surface area contributed by atoms with Crippen LogP contribution in [0.5, 0.6) is 0 Å². The SMILES string of the molecule is c1ccc(-c2ccc(N(c3cc4c5c(c3)N(c3c(-c6ccccc6)cccc3-c3ccccc3)c3cc6c(cc3B5c3ccccc3N4c3ccccc3)B3c4ccccc4N(c4ccccc4)c4cc(N(c5ccccc5)c5ccccc5)cc(c43)S6)c3ccccc3-c3ccccc3)cc2)cc1. The van der Waals surface area contributed by atoms with Gasteiger partial charge in [-0.1, -0.05) is 302 Å². The second-order valence-corrected chi connectivity index (χ2v) is 28.1. The van der Waals surface area contributed by atoms with E-state index in [-0.39, 0.29) is 13.4 Å². The van der Waals surface area contributed by atoms with Crippen LogP contribution in [0, 0.1) is 0 Å². The van der Waals surface area contributed by atoms with Crippen molar-refractivity contribution in [3.05, 3.63) is 394 Å². The molecule has 0 unspecified atom stereocenters. The van der Waals surface area contributed by atoms with Crippen molar-refractivity contribution in [2.24, 2.45) is 0 Å². The van der Waals surface area contributed by atoms with Crippen LogP contribution in [0.1, 0.15) is 0 Å². The monoisotopic (exact) mass is 1340 g/mol. The number of anilines is 15. The molecular formula is C96H65B2N5S. The molecule has 16 aromatic carbocycles. The van der Waals surface area contributed by atoms with Crippen LogP contribution in [0.25, 0.3) is 44.5 Å². The second-order valence-electron chi connectivity index (χ2n) is 27.1. The van der Waals surface area contributed by atoms with Gasteiger partial charge in [0, 0.05) is 94.7 Å². The van der Waals surface area contributed by atoms with Crippen LogP contribution in [-0.2, 0) is 0 Å². The van der Waals surface area contributed by atoms with Crippen LogP contribution < -0.4 is 57.3 Å². The third kappa shape index (κ3) is 10.2. The summed E-state index contributed by atoms with van der Waals surface area (Å²) in [5, 5.41) is 0. The van der Waals surface area contributed by atoms with E-state index in [9.17, 15) is 0 Å². The van der Waals surface area contributed by atoms with Gasteiger partial charge in [0.1, 0.15) is 0 Å². The Morgan fingerprint density at radius 3 is 1.15 bits per heavy atom. The van der Waals surface area contributed by atoms with Crippen LogP contribution in [0.3, 0.4) is 0 Å². The maximum Gasteiger partial charge on any atom is 0.252 e. The lowest BCUT2D eigenvalue weighted by atomic mass is 9.31. The number of rotatable bonds is 13. The number of nitrogens with zero attached hydrogens (tertiary/aromatic N) is 5. The van der Waals surface area contributed by atoms with Crippen LogP contribution in [0.2, 0.25) is 0 Å². The first-order valence-corrected chi connectivity index (χ1v) is 36.6. The summed E-state index contributed by atoms with van der Waals surface area (Å²) in [7, 11) is 0. The van der Waals surface area contributed by atoms with E-state index in [1.165, 1.54) is 59.5 Å². The van der Waals surface area contributed by atoms with Gasteiger partial charge in [0.15, 0.2) is 0 Å². The van der Waals surface area contributed by atoms with E-state index >= 15 is 0 Å². The molecule has 16 aromatic rings. The molecule has 0 amide bonds. The van der Waals surface area contributed by atoms with Gasteiger partial charge in [0.25, 0.3) is 6.71 Å². The zero-order valence-electron chi connectivity index (χ0n) is 56.8. The minimum atomic E-state index is -0.223. The summed E-state index contributed by atoms with van der Waals surface area (Å²) >= 11 is 1.91. The summed E-state index contributed by atoms with van der Waals surface area (Å²) in [5.74, 6) is 0. The smallest absolute Gasteiger partial charge is 0.252 e. The molecule has 4 heterocycles. The van der Waals surface area contributed by atoms with E-state index in [4.69, 9.17) is 0 Å². The first-order chi connectivity index (χ1) is 51.6. The Hall–Kier alpha value is -13.0. The average molecular weight is 1340 g/mol. The van der Waals surface area contributed by atoms with Crippen molar-refractivity contribution in [1.82, 2.24) is 0 Å². The molecule has 0 N–H and O–H groups in total. The summed E-state index contributed by atoms with van der Waals surface area (Å²) in [6, 6.07) is 146. The summed E-state index contributed by atoms with van der Waals surface area (Å²) in [4.78, 5) is 15.2. The van der Waals surface area contributed by atoms with E-state index in [1.807, 2.05) is 11.8 Å². The summed E-state index contributed by atoms with van der Waals surface area (Å²) < 4.78 is 0. The molecule has 0 saturated carbocycles. The fourth-order valence-corrected chi connectivity index (χ4v) is 18.0. The second kappa shape index (κ2) is 25.6. The van der Waals surface area contributed by atoms with Crippen molar-refractivity contribution in [3.8, 4) is 44.5 Å². The molecule has 5 nitrogen and oxygen atoms in total. The van der Waals surface area contributed by atoms with Crippen molar-refractivity contribution >= 4 is 143 Å². The Morgan fingerprint density at radius 1 is 0.221 bits per heavy atom. The van der Waals surface area contributed by atoms with Crippen molar-refractivity contribution in [3.63, 3.8) is 0 Å². The Morgan fingerprint density at radius 2 is 0.615 bits per heavy atom. The number of hydrogen-bond acceptors (Lipinski definition) is 6. The zero-order chi connectivity index (χ0) is 68.6. The lowest BCUT2D eigenvalue weighted by molar-refractivity contribution is 1.22. The largest absolute Gasteiger partial charge is 0.311 e. The molecular weight excluding hydrogens is 1280 g/mol. The molecule has 0 aliphatic carbocycles. The van der Waals surface area contributed by atoms with Crippen LogP contribution in [0.15, 0.2) is 404 Å². The van der Waals surface area contributed by atoms with Crippen LogP contribution in [-0.4, -0.2) is 13.4 Å². The molecule has 0 spiro atoms. The normalized spacial score (nSPS) is 12.7. The maximum absolute atomic E-state index is 2.70. The quantitative estimate of drug-likeness (QED) is 0.106. The van der Waals surface area contributed by atoms with E-state index < -0.39 is 0 Å². The predicted molar refractivity (Wildman–Crippen MR) is 441 cm³/mol. The fourth-order valence-electron chi connectivity index (χ4n) is 16.8. The zero-order valence-corrected chi connectivity index (χ0v) is 57.6. The molecule has 0 bridgehead atoms. The lowest BCUT2D eigenvalue weighted by Gasteiger charge is -2.46. The van der Waals surface area contributed by atoms with Gasteiger partial charge in [-0.25, -0.2) is 0 Å². The van der Waals surface area contributed by atoms with Crippen molar-refractivity contribution in [2.45, 2.75) is 9.79 Å². The summed E-state index contributed by atoms with van der Waals surface area (Å²) in [6.07, 6.45) is 0. The topological polar surface area (TPSA) is 16.2 Å². The highest BCUT2D eigenvalue weighted by molar-refractivity contribution is 8.00. The molecule has 0 saturated heterocycles. The van der Waals surface area contributed by atoms with E-state index in [0.29, 0.717) is 0 Å². The first kappa shape index (κ1) is 60.9. The van der Waals surface area contributed by atoms with E-state index in [2.05, 4.69) is 419 Å². The van der Waals surface area contributed by atoms with Gasteiger partial charge >= 0.3 is 0 Å². The van der Waals surface area contributed by atoms with Gasteiger partial charge in [-0.15, -0.1) is 0 Å². The molecule has 0 aromatic heterocycles. The molecule has 20 rings (SSSR count). The van der Waals surface area contributed by atoms with E-state index in [0.717, 1.165) is 113 Å². The maximum atomic E-state index is 2.70. The van der Waals surface area contributed by atoms with Gasteiger partial charge in [-0.3, -0.25) is 0 Å². The van der Waals surface area contributed by atoms with Crippen LogP contribution >= 0.6 is 11.8 Å². The van der Waals surface area contributed by atoms with Crippen LogP contribution in [0.4, 0.5) is 85.3 Å². The minimum Gasteiger partial charge on any atom is -0.311 e. The molecule has 0 fully saturated rings. The molecule has 486 valence electrons. The van der Waals surface area contributed by atoms with Gasteiger partial charge in [-0.2, -0.15) is 0 Å². The molecule has 0 atom stereocenters. The lowest BCUT2D eigenvalue weighted by Crippen LogP contribution is -2.64. The van der Waals surface area contributed by atoms with Gasteiger partial charge < -0.3 is 24.5 Å². The third-order valence-electron chi connectivity index (χ3n) is 21.2. The van der Waals surface area contributed by atoms with E-state index in [1.54, 1.807) is 0 Å². The van der Waals surface area contributed by atoms with Crippen molar-refractivity contribution in [1.29, 1.82) is 0 Å². The van der Waals surface area contributed by atoms with Crippen molar-refractivity contribution < 1.29 is 0 Å². The van der Waals surface area contributed by atoms with Crippen molar-refractivity contribution in [2.75, 3.05) is 24.5 Å². The molecule has 4 aliphatic heterocycles. The molecule has 4 aliphatic rings. The highest BCUT2D eigenvalue weighted by Gasteiger charge is 2.48. The molecule has 0 radical (unpaired) electrons. The Bertz CT molecular complexity index is 5820. The number of hydrogen-bond donors (Lipinski definition) is 0. The third-order valence-corrected chi connectivity index (χ3v) is 22.3. The average Bonchev–Trinajstić information content (AvgIpc) is 0.687. The Labute approximate surface area is 612 Å². The van der Waals surface area contributed by atoms with Gasteiger partial charge in [0.05, 0.1) is 17.1 Å². The Balaban J connectivity index is 0.910. The number of para-hydroxylation sites is 8. The predicted octanol–water partition coefficient (Wildman–Crippen LogP) is 22.1. The number of benzene rings is 16. The number of fused-ring (bicyclic) bond motifs is 8. The highest BCUT2D eigenvalue weighted by Crippen LogP contribution is 2.55. The minimum absolute atomic E-state index is 0.131. The fraction of sp³-hybridized carbons (Fsp3) is 0. The molecule has 104 heavy (non-hydrogen) atoms.